The Morgan fingerprint density at radius 3 is 2.67 bits per heavy atom. The first-order valence-electron chi connectivity index (χ1n) is 7.78. The van der Waals surface area contributed by atoms with Crippen molar-refractivity contribution in [1.29, 1.82) is 0 Å². The number of rotatable bonds is 3. The Morgan fingerprint density at radius 2 is 1.86 bits per heavy atom. The van der Waals surface area contributed by atoms with Crippen LogP contribution in [0.2, 0.25) is 0 Å². The van der Waals surface area contributed by atoms with Gasteiger partial charge in [0.05, 0.1) is 11.7 Å². The number of aromatic nitrogens is 1. The van der Waals surface area contributed by atoms with Gasteiger partial charge < -0.3 is 5.32 Å². The molecule has 1 unspecified atom stereocenters. The number of nitrogens with one attached hydrogen (secondary N) is 1. The summed E-state index contributed by atoms with van der Waals surface area (Å²) in [5, 5.41) is 3.48. The molecule has 1 aromatic carbocycles. The zero-order chi connectivity index (χ0) is 14.5. The first-order chi connectivity index (χ1) is 10.3. The van der Waals surface area contributed by atoms with Gasteiger partial charge in [0.1, 0.15) is 0 Å². The van der Waals surface area contributed by atoms with E-state index in [-0.39, 0.29) is 6.04 Å². The molecule has 1 aliphatic heterocycles. The molecule has 0 saturated carbocycles. The number of benzene rings is 1. The predicted octanol–water partition coefficient (Wildman–Crippen LogP) is 2.77. The molecule has 1 atom stereocenters. The second-order valence-corrected chi connectivity index (χ2v) is 5.66. The van der Waals surface area contributed by atoms with Crippen LogP contribution in [0.1, 0.15) is 29.4 Å². The fraction of sp³-hybridized carbons (Fsp3) is 0.389. The fourth-order valence-corrected chi connectivity index (χ4v) is 3.05. The number of hydrogen-bond donors (Lipinski definition) is 1. The quantitative estimate of drug-likeness (QED) is 0.937. The molecule has 1 aromatic heterocycles. The Balaban J connectivity index is 1.98. The maximum absolute atomic E-state index is 4.79. The standard InChI is InChI=1S/C18H23N3/c1-15-7-5-10-17(20-15)18(16-8-3-2-4-9-16)21-13-6-11-19-12-14-21/h2-5,7-10,18-19H,6,11-14H2,1H3. The summed E-state index contributed by atoms with van der Waals surface area (Å²) in [7, 11) is 0. The Bertz CT molecular complexity index is 560. The maximum Gasteiger partial charge on any atom is 0.0777 e. The van der Waals surface area contributed by atoms with E-state index in [1.807, 2.05) is 0 Å². The molecule has 0 radical (unpaired) electrons. The molecule has 1 fully saturated rings. The highest BCUT2D eigenvalue weighted by molar-refractivity contribution is 5.28. The van der Waals surface area contributed by atoms with E-state index in [1.165, 1.54) is 12.0 Å². The van der Waals surface area contributed by atoms with E-state index >= 15 is 0 Å². The smallest absolute Gasteiger partial charge is 0.0777 e. The van der Waals surface area contributed by atoms with Gasteiger partial charge in [-0.05, 0) is 37.6 Å². The molecule has 1 N–H and O–H groups in total. The van der Waals surface area contributed by atoms with Crippen molar-refractivity contribution >= 4 is 0 Å². The van der Waals surface area contributed by atoms with Crippen molar-refractivity contribution in [3.63, 3.8) is 0 Å². The fourth-order valence-electron chi connectivity index (χ4n) is 3.05. The van der Waals surface area contributed by atoms with Gasteiger partial charge in [0.2, 0.25) is 0 Å². The van der Waals surface area contributed by atoms with Crippen LogP contribution in [0.25, 0.3) is 0 Å². The van der Waals surface area contributed by atoms with Gasteiger partial charge in [-0.15, -0.1) is 0 Å². The van der Waals surface area contributed by atoms with Gasteiger partial charge in [-0.2, -0.15) is 0 Å². The van der Waals surface area contributed by atoms with Crippen LogP contribution in [0.5, 0.6) is 0 Å². The van der Waals surface area contributed by atoms with Crippen LogP contribution >= 0.6 is 0 Å². The molecule has 3 rings (SSSR count). The summed E-state index contributed by atoms with van der Waals surface area (Å²) in [6, 6.07) is 17.3. The lowest BCUT2D eigenvalue weighted by atomic mass is 10.0. The van der Waals surface area contributed by atoms with E-state index < -0.39 is 0 Å². The van der Waals surface area contributed by atoms with E-state index in [0.29, 0.717) is 0 Å². The van der Waals surface area contributed by atoms with Crippen molar-refractivity contribution in [1.82, 2.24) is 15.2 Å². The first-order valence-corrected chi connectivity index (χ1v) is 7.78. The summed E-state index contributed by atoms with van der Waals surface area (Å²) in [5.74, 6) is 0. The summed E-state index contributed by atoms with van der Waals surface area (Å²) in [6.45, 7) is 6.40. The number of aryl methyl sites for hydroxylation is 1. The Hall–Kier alpha value is -1.71. The van der Waals surface area contributed by atoms with Crippen LogP contribution < -0.4 is 5.32 Å². The summed E-state index contributed by atoms with van der Waals surface area (Å²) < 4.78 is 0. The molecule has 21 heavy (non-hydrogen) atoms. The molecule has 0 aliphatic carbocycles. The largest absolute Gasteiger partial charge is 0.315 e. The number of pyridine rings is 1. The zero-order valence-electron chi connectivity index (χ0n) is 12.6. The minimum Gasteiger partial charge on any atom is -0.315 e. The van der Waals surface area contributed by atoms with E-state index in [1.54, 1.807) is 0 Å². The predicted molar refractivity (Wildman–Crippen MR) is 86.3 cm³/mol. The summed E-state index contributed by atoms with van der Waals surface area (Å²) in [5.41, 5.74) is 3.57. The van der Waals surface area contributed by atoms with Crippen LogP contribution in [0.3, 0.4) is 0 Å². The molecule has 3 heteroatoms. The van der Waals surface area contributed by atoms with Crippen molar-refractivity contribution < 1.29 is 0 Å². The van der Waals surface area contributed by atoms with E-state index in [9.17, 15) is 0 Å². The van der Waals surface area contributed by atoms with Gasteiger partial charge in [0, 0.05) is 25.3 Å². The van der Waals surface area contributed by atoms with Gasteiger partial charge in [-0.25, -0.2) is 0 Å². The molecule has 2 heterocycles. The highest BCUT2D eigenvalue weighted by Crippen LogP contribution is 2.27. The highest BCUT2D eigenvalue weighted by atomic mass is 15.2. The normalized spacial score (nSPS) is 18.1. The van der Waals surface area contributed by atoms with E-state index in [0.717, 1.165) is 37.6 Å². The summed E-state index contributed by atoms with van der Waals surface area (Å²) in [4.78, 5) is 7.35. The van der Waals surface area contributed by atoms with Crippen molar-refractivity contribution in [3.05, 3.63) is 65.5 Å². The lowest BCUT2D eigenvalue weighted by Crippen LogP contribution is -2.33. The molecule has 0 bridgehead atoms. The van der Waals surface area contributed by atoms with Gasteiger partial charge in [0.15, 0.2) is 0 Å². The Kier molecular flexibility index (Phi) is 4.63. The molecular weight excluding hydrogens is 258 g/mol. The lowest BCUT2D eigenvalue weighted by molar-refractivity contribution is 0.237. The van der Waals surface area contributed by atoms with Crippen LogP contribution in [-0.4, -0.2) is 36.1 Å². The van der Waals surface area contributed by atoms with Gasteiger partial charge in [-0.1, -0.05) is 36.4 Å². The minimum absolute atomic E-state index is 0.256. The van der Waals surface area contributed by atoms with Crippen molar-refractivity contribution in [2.24, 2.45) is 0 Å². The molecular formula is C18H23N3. The number of hydrogen-bond acceptors (Lipinski definition) is 3. The van der Waals surface area contributed by atoms with Crippen molar-refractivity contribution in [2.45, 2.75) is 19.4 Å². The molecule has 0 amide bonds. The van der Waals surface area contributed by atoms with Crippen LogP contribution in [0.4, 0.5) is 0 Å². The number of nitrogens with zero attached hydrogens (tertiary/aromatic N) is 2. The second kappa shape index (κ2) is 6.83. The van der Waals surface area contributed by atoms with E-state index in [2.05, 4.69) is 65.7 Å². The minimum atomic E-state index is 0.256. The van der Waals surface area contributed by atoms with Crippen molar-refractivity contribution in [3.8, 4) is 0 Å². The van der Waals surface area contributed by atoms with Gasteiger partial charge >= 0.3 is 0 Å². The average molecular weight is 281 g/mol. The molecule has 3 nitrogen and oxygen atoms in total. The monoisotopic (exact) mass is 281 g/mol. The SMILES string of the molecule is Cc1cccc(C(c2ccccc2)N2CCCNCC2)n1. The average Bonchev–Trinajstić information content (AvgIpc) is 2.78. The maximum atomic E-state index is 4.79. The highest BCUT2D eigenvalue weighted by Gasteiger charge is 2.24. The van der Waals surface area contributed by atoms with Crippen molar-refractivity contribution in [2.75, 3.05) is 26.2 Å². The third kappa shape index (κ3) is 3.49. The lowest BCUT2D eigenvalue weighted by Gasteiger charge is -2.30. The summed E-state index contributed by atoms with van der Waals surface area (Å²) >= 11 is 0. The summed E-state index contributed by atoms with van der Waals surface area (Å²) in [6.07, 6.45) is 1.19. The molecule has 2 aromatic rings. The third-order valence-electron chi connectivity index (χ3n) is 4.05. The van der Waals surface area contributed by atoms with Crippen LogP contribution in [-0.2, 0) is 0 Å². The Morgan fingerprint density at radius 1 is 1.00 bits per heavy atom. The third-order valence-corrected chi connectivity index (χ3v) is 4.05. The molecule has 1 aliphatic rings. The second-order valence-electron chi connectivity index (χ2n) is 5.66. The molecule has 0 spiro atoms. The van der Waals surface area contributed by atoms with Gasteiger partial charge in [-0.3, -0.25) is 9.88 Å². The molecule has 1 saturated heterocycles. The first kappa shape index (κ1) is 14.2. The Labute approximate surface area is 127 Å². The molecule has 110 valence electrons. The van der Waals surface area contributed by atoms with E-state index in [4.69, 9.17) is 4.98 Å². The topological polar surface area (TPSA) is 28.2 Å². The van der Waals surface area contributed by atoms with Crippen LogP contribution in [0.15, 0.2) is 48.5 Å². The van der Waals surface area contributed by atoms with Gasteiger partial charge in [0.25, 0.3) is 0 Å². The zero-order valence-corrected chi connectivity index (χ0v) is 12.6. The van der Waals surface area contributed by atoms with Crippen LogP contribution in [0, 0.1) is 6.92 Å².